The van der Waals surface area contributed by atoms with Gasteiger partial charge >= 0.3 is 32.3 Å². The van der Waals surface area contributed by atoms with Crippen LogP contribution in [0.5, 0.6) is 0 Å². The molecule has 0 aromatic carbocycles. The van der Waals surface area contributed by atoms with Crippen LogP contribution in [0, 0.1) is 27.8 Å². The zero-order valence-electron chi connectivity index (χ0n) is 6.44. The van der Waals surface area contributed by atoms with Gasteiger partial charge in [0.25, 0.3) is 11.9 Å². The summed E-state index contributed by atoms with van der Waals surface area (Å²) in [4.78, 5) is 18.0. The first kappa shape index (κ1) is 22.6. The van der Waals surface area contributed by atoms with E-state index in [1.165, 1.54) is 0 Å². The summed E-state index contributed by atoms with van der Waals surface area (Å²) in [6.07, 6.45) is 0. The van der Waals surface area contributed by atoms with Gasteiger partial charge < -0.3 is 10.2 Å². The van der Waals surface area contributed by atoms with Crippen molar-refractivity contribution in [1.82, 2.24) is 0 Å². The Morgan fingerprint density at radius 1 is 1.00 bits per heavy atom. The fraction of sp³-hybridized carbons (Fsp3) is 0.500. The second-order valence-corrected chi connectivity index (χ2v) is 1.82. The normalized spacial score (nSPS) is 4.83. The molecule has 0 aliphatic carbocycles. The minimum atomic E-state index is -2.51. The van der Waals surface area contributed by atoms with Crippen molar-refractivity contribution < 1.29 is 52.1 Å². The van der Waals surface area contributed by atoms with Crippen LogP contribution in [-0.4, -0.2) is 22.2 Å². The van der Waals surface area contributed by atoms with Gasteiger partial charge in [-0.25, -0.2) is 0 Å². The average molecular weight is 427 g/mol. The third kappa shape index (κ3) is 55900. The first-order chi connectivity index (χ1) is 4.88. The summed E-state index contributed by atoms with van der Waals surface area (Å²) in [5, 5.41) is 14.8. The zero-order chi connectivity index (χ0) is 9.86. The molecule has 12 heavy (non-hydrogen) atoms. The fourth-order valence-corrected chi connectivity index (χ4v) is 0. The van der Waals surface area contributed by atoms with Crippen LogP contribution < -0.4 is 0 Å². The van der Waals surface area contributed by atoms with Crippen molar-refractivity contribution in [2.24, 2.45) is 0 Å². The number of carboxylic acids is 2. The number of carbonyl (C=O) groups is 2. The first-order valence-electron chi connectivity index (χ1n) is 2.26. The molecule has 0 saturated carbocycles. The van der Waals surface area contributed by atoms with E-state index in [2.05, 4.69) is 0 Å². The van der Waals surface area contributed by atoms with Crippen molar-refractivity contribution >= 4 is 24.3 Å². The fourth-order valence-electron chi connectivity index (χ4n) is 0. The van der Waals surface area contributed by atoms with Crippen LogP contribution in [0.15, 0.2) is 0 Å². The zero-order valence-corrected chi connectivity index (χ0v) is 11.4. The van der Waals surface area contributed by atoms with Gasteiger partial charge in [-0.2, -0.15) is 0 Å². The molecule has 0 rings (SSSR count). The molecule has 0 fully saturated rings. The van der Waals surface area contributed by atoms with Crippen LogP contribution in [0.25, 0.3) is 0 Å². The van der Waals surface area contributed by atoms with Crippen molar-refractivity contribution in [2.45, 2.75) is 13.8 Å². The Labute approximate surface area is 90.0 Å². The van der Waals surface area contributed by atoms with E-state index in [1.54, 1.807) is 0 Å². The SMILES string of the molecule is CC(=O)O.CC(=O)O.Cl.[O]=[U]=[O]. The third-order valence-electron chi connectivity index (χ3n) is 0. The van der Waals surface area contributed by atoms with Crippen LogP contribution >= 0.6 is 12.4 Å². The maximum atomic E-state index is 9.00. The molecule has 0 aromatic heterocycles. The van der Waals surface area contributed by atoms with Crippen molar-refractivity contribution in [3.05, 3.63) is 0 Å². The summed E-state index contributed by atoms with van der Waals surface area (Å²) in [5.41, 5.74) is 0. The summed E-state index contributed by atoms with van der Waals surface area (Å²) < 4.78 is 17.2. The third-order valence-corrected chi connectivity index (χ3v) is 0. The maximum absolute atomic E-state index is 9.00. The Bertz CT molecular complexity index is 132. The summed E-state index contributed by atoms with van der Waals surface area (Å²) in [6.45, 7) is 2.17. The summed E-state index contributed by atoms with van der Waals surface area (Å²) in [6, 6.07) is 0. The Hall–Kier alpha value is -0.118. The van der Waals surface area contributed by atoms with Gasteiger partial charge in [0.15, 0.2) is 0 Å². The predicted octanol–water partition coefficient (Wildman–Crippen LogP) is 0.366. The molecule has 0 amide bonds. The number of rotatable bonds is 0. The molecule has 0 atom stereocenters. The van der Waals surface area contributed by atoms with Crippen LogP contribution in [-0.2, 0) is 14.1 Å². The van der Waals surface area contributed by atoms with E-state index in [0.29, 0.717) is 0 Å². The molecule has 0 unspecified atom stereocenters. The van der Waals surface area contributed by atoms with E-state index >= 15 is 0 Å². The molecule has 0 saturated heterocycles. The molecular weight excluding hydrogens is 418 g/mol. The number of hydrogen-bond donors (Lipinski definition) is 2. The van der Waals surface area contributed by atoms with Crippen molar-refractivity contribution in [2.75, 3.05) is 0 Å². The summed E-state index contributed by atoms with van der Waals surface area (Å²) in [5.74, 6) is -1.67. The Morgan fingerprint density at radius 3 is 1.00 bits per heavy atom. The molecule has 0 aliphatic rings. The predicted molar refractivity (Wildman–Crippen MR) is 35.2 cm³/mol. The van der Waals surface area contributed by atoms with E-state index in [1.807, 2.05) is 0 Å². The molecule has 0 bridgehead atoms. The Morgan fingerprint density at radius 2 is 1.00 bits per heavy atom. The molecule has 6 nitrogen and oxygen atoms in total. The van der Waals surface area contributed by atoms with E-state index in [4.69, 9.17) is 24.3 Å². The first-order valence-corrected chi connectivity index (χ1v) is 5.66. The minimum absolute atomic E-state index is 0. The Balaban J connectivity index is -0.0000000389. The van der Waals surface area contributed by atoms with E-state index in [9.17, 15) is 0 Å². The van der Waals surface area contributed by atoms with Gasteiger partial charge in [0.2, 0.25) is 0 Å². The van der Waals surface area contributed by atoms with Gasteiger partial charge in [-0.1, -0.05) is 0 Å². The standard InChI is InChI=1S/2C2H4O2.ClH.2O.U/c2*1-2(3)4;;;;/h2*1H3,(H,3,4);1H;;;. The molecule has 0 aromatic rings. The molecule has 8 heteroatoms. The number of halogens is 1. The summed E-state index contributed by atoms with van der Waals surface area (Å²) in [7, 11) is 0. The molecule has 0 heterocycles. The van der Waals surface area contributed by atoms with Crippen LogP contribution in [0.4, 0.5) is 0 Å². The Kier molecular flexibility index (Phi) is 42.3. The van der Waals surface area contributed by atoms with E-state index in [0.717, 1.165) is 13.8 Å². The van der Waals surface area contributed by atoms with Crippen LogP contribution in [0.3, 0.4) is 0 Å². The van der Waals surface area contributed by atoms with Gasteiger partial charge in [-0.3, -0.25) is 9.59 Å². The van der Waals surface area contributed by atoms with Gasteiger partial charge in [0.1, 0.15) is 0 Å². The molecule has 2 N–H and O–H groups in total. The van der Waals surface area contributed by atoms with Crippen LogP contribution in [0.1, 0.15) is 13.8 Å². The van der Waals surface area contributed by atoms with E-state index < -0.39 is 39.8 Å². The molecule has 0 spiro atoms. The van der Waals surface area contributed by atoms with Gasteiger partial charge in [0.05, 0.1) is 0 Å². The molecular formula is C4H9ClO6U. The van der Waals surface area contributed by atoms with Crippen molar-refractivity contribution in [3.8, 4) is 0 Å². The van der Waals surface area contributed by atoms with Gasteiger partial charge in [-0.15, -0.1) is 12.4 Å². The quantitative estimate of drug-likeness (QED) is 0.579. The molecule has 72 valence electrons. The number of aliphatic carboxylic acids is 2. The summed E-state index contributed by atoms with van der Waals surface area (Å²) >= 11 is -2.51. The monoisotopic (exact) mass is 426 g/mol. The van der Waals surface area contributed by atoms with Gasteiger partial charge in [0, 0.05) is 13.8 Å². The second kappa shape index (κ2) is 22.4. The van der Waals surface area contributed by atoms with E-state index in [-0.39, 0.29) is 12.4 Å². The van der Waals surface area contributed by atoms with Gasteiger partial charge in [-0.05, 0) is 0 Å². The number of hydrogen-bond acceptors (Lipinski definition) is 4. The second-order valence-electron chi connectivity index (χ2n) is 1.12. The molecule has 0 aliphatic heterocycles. The van der Waals surface area contributed by atoms with Crippen molar-refractivity contribution in [3.63, 3.8) is 0 Å². The van der Waals surface area contributed by atoms with Crippen LogP contribution in [0.2, 0.25) is 0 Å². The number of carboxylic acid groups (broad SMARTS) is 2. The molecule has 0 radical (unpaired) electrons. The average Bonchev–Trinajstić information content (AvgIpc) is 1.60. The van der Waals surface area contributed by atoms with Crippen molar-refractivity contribution in [1.29, 1.82) is 0 Å². The topological polar surface area (TPSA) is 109 Å².